The first-order chi connectivity index (χ1) is 4.59. The van der Waals surface area contributed by atoms with E-state index in [9.17, 15) is 0 Å². The van der Waals surface area contributed by atoms with Gasteiger partial charge in [-0.1, -0.05) is 12.2 Å². The summed E-state index contributed by atoms with van der Waals surface area (Å²) in [6.07, 6.45) is 0. The van der Waals surface area contributed by atoms with Gasteiger partial charge in [0.2, 0.25) is 0 Å². The Morgan fingerprint density at radius 3 is 2.10 bits per heavy atom. The van der Waals surface area contributed by atoms with E-state index in [2.05, 4.69) is 39.1 Å². The van der Waals surface area contributed by atoms with Crippen LogP contribution in [-0.2, 0) is 0 Å². The van der Waals surface area contributed by atoms with E-state index in [4.69, 9.17) is 0 Å². The van der Waals surface area contributed by atoms with Crippen molar-refractivity contribution in [2.45, 2.75) is 20.8 Å². The van der Waals surface area contributed by atoms with Gasteiger partial charge in [-0.05, 0) is 38.6 Å². The Hall–Kier alpha value is -0.850. The first-order valence-electron chi connectivity index (χ1n) is 3.34. The number of allylic oxidation sites excluding steroid dienone is 1. The summed E-state index contributed by atoms with van der Waals surface area (Å²) in [6.45, 7) is 14.1. The van der Waals surface area contributed by atoms with Gasteiger partial charge in [0.15, 0.2) is 0 Å². The maximum absolute atomic E-state index is 3.87. The van der Waals surface area contributed by atoms with Gasteiger partial charge in [0.25, 0.3) is 0 Å². The Morgan fingerprint density at radius 1 is 1.30 bits per heavy atom. The molecule has 0 aromatic heterocycles. The number of rotatable bonds is 3. The van der Waals surface area contributed by atoms with Crippen LogP contribution in [0.25, 0.3) is 0 Å². The van der Waals surface area contributed by atoms with E-state index in [0.29, 0.717) is 6.54 Å². The lowest BCUT2D eigenvalue weighted by Crippen LogP contribution is -1.89. The summed E-state index contributed by atoms with van der Waals surface area (Å²) in [6, 6.07) is 0. The number of hydrogen-bond donors (Lipinski definition) is 0. The molecule has 0 bridgehead atoms. The van der Waals surface area contributed by atoms with Crippen LogP contribution in [-0.4, -0.2) is 13.3 Å². The molecule has 0 saturated carbocycles. The summed E-state index contributed by atoms with van der Waals surface area (Å²) >= 11 is 0. The van der Waals surface area contributed by atoms with Crippen molar-refractivity contribution in [3.63, 3.8) is 0 Å². The highest BCUT2D eigenvalue weighted by molar-refractivity contribution is 5.33. The van der Waals surface area contributed by atoms with E-state index in [1.54, 1.807) is 0 Å². The van der Waals surface area contributed by atoms with Gasteiger partial charge in [-0.15, -0.1) is 0 Å². The molecule has 0 amide bonds. The highest BCUT2D eigenvalue weighted by atomic mass is 14.7. The third kappa shape index (κ3) is 2.62. The second-order valence-electron chi connectivity index (χ2n) is 2.61. The zero-order valence-electron chi connectivity index (χ0n) is 7.07. The van der Waals surface area contributed by atoms with Crippen LogP contribution < -0.4 is 0 Å². The van der Waals surface area contributed by atoms with Crippen molar-refractivity contribution in [1.29, 1.82) is 0 Å². The van der Waals surface area contributed by atoms with Crippen LogP contribution in [0.4, 0.5) is 0 Å². The second-order valence-corrected chi connectivity index (χ2v) is 2.61. The van der Waals surface area contributed by atoms with E-state index in [-0.39, 0.29) is 0 Å². The fourth-order valence-electron chi connectivity index (χ4n) is 0.607. The summed E-state index contributed by atoms with van der Waals surface area (Å²) in [4.78, 5) is 3.76. The Bertz CT molecular complexity index is 171. The molecule has 0 atom stereocenters. The second kappa shape index (κ2) is 4.04. The van der Waals surface area contributed by atoms with Crippen molar-refractivity contribution in [3.05, 3.63) is 23.3 Å². The van der Waals surface area contributed by atoms with E-state index in [1.807, 2.05) is 0 Å². The van der Waals surface area contributed by atoms with Crippen LogP contribution in [0.15, 0.2) is 28.3 Å². The van der Waals surface area contributed by atoms with Crippen molar-refractivity contribution in [1.82, 2.24) is 0 Å². The van der Waals surface area contributed by atoms with Gasteiger partial charge in [-0.25, -0.2) is 0 Å². The first kappa shape index (κ1) is 9.15. The summed E-state index contributed by atoms with van der Waals surface area (Å²) in [5, 5.41) is 0. The molecule has 1 nitrogen and oxygen atoms in total. The predicted octanol–water partition coefficient (Wildman–Crippen LogP) is 2.60. The zero-order valence-corrected chi connectivity index (χ0v) is 7.07. The molecule has 56 valence electrons. The topological polar surface area (TPSA) is 12.4 Å². The molecule has 0 aliphatic heterocycles. The lowest BCUT2D eigenvalue weighted by Gasteiger charge is -2.03. The van der Waals surface area contributed by atoms with E-state index in [0.717, 1.165) is 5.57 Å². The standard InChI is InChI=1S/C9H15N/c1-7(2)9(4)8(3)6-10-5/h3,5-6H2,1-2,4H3. The normalized spacial score (nSPS) is 8.70. The van der Waals surface area contributed by atoms with Crippen LogP contribution >= 0.6 is 0 Å². The van der Waals surface area contributed by atoms with Crippen LogP contribution in [0.2, 0.25) is 0 Å². The Labute approximate surface area is 63.2 Å². The molecule has 0 heterocycles. The summed E-state index contributed by atoms with van der Waals surface area (Å²) in [5.41, 5.74) is 3.61. The van der Waals surface area contributed by atoms with Gasteiger partial charge in [-0.2, -0.15) is 0 Å². The molecule has 0 aromatic carbocycles. The van der Waals surface area contributed by atoms with Gasteiger partial charge in [-0.3, -0.25) is 4.99 Å². The van der Waals surface area contributed by atoms with Gasteiger partial charge in [0.1, 0.15) is 0 Å². The Kier molecular flexibility index (Phi) is 3.70. The van der Waals surface area contributed by atoms with Crippen LogP contribution in [0.1, 0.15) is 20.8 Å². The number of nitrogens with zero attached hydrogens (tertiary/aromatic N) is 1. The molecule has 0 rings (SSSR count). The molecule has 0 N–H and O–H groups in total. The monoisotopic (exact) mass is 137 g/mol. The third-order valence-electron chi connectivity index (χ3n) is 1.58. The average molecular weight is 137 g/mol. The van der Waals surface area contributed by atoms with Gasteiger partial charge >= 0.3 is 0 Å². The Balaban J connectivity index is 4.22. The minimum Gasteiger partial charge on any atom is -0.296 e. The van der Waals surface area contributed by atoms with Crippen LogP contribution in [0.5, 0.6) is 0 Å². The van der Waals surface area contributed by atoms with Crippen molar-refractivity contribution >= 4 is 6.72 Å². The van der Waals surface area contributed by atoms with Crippen LogP contribution in [0, 0.1) is 0 Å². The fourth-order valence-corrected chi connectivity index (χ4v) is 0.607. The lowest BCUT2D eigenvalue weighted by molar-refractivity contribution is 1.13. The number of aliphatic imine (C=N–C) groups is 1. The Morgan fingerprint density at radius 2 is 1.80 bits per heavy atom. The number of hydrogen-bond acceptors (Lipinski definition) is 1. The summed E-state index contributed by atoms with van der Waals surface area (Å²) < 4.78 is 0. The molecule has 0 aliphatic carbocycles. The summed E-state index contributed by atoms with van der Waals surface area (Å²) in [5.74, 6) is 0. The molecule has 1 heteroatoms. The largest absolute Gasteiger partial charge is 0.296 e. The van der Waals surface area contributed by atoms with Gasteiger partial charge in [0.05, 0.1) is 6.54 Å². The van der Waals surface area contributed by atoms with E-state index < -0.39 is 0 Å². The quantitative estimate of drug-likeness (QED) is 0.419. The minimum absolute atomic E-state index is 0.650. The molecule has 0 aromatic rings. The minimum atomic E-state index is 0.650. The molecule has 0 radical (unpaired) electrons. The van der Waals surface area contributed by atoms with E-state index >= 15 is 0 Å². The van der Waals surface area contributed by atoms with Gasteiger partial charge < -0.3 is 0 Å². The zero-order chi connectivity index (χ0) is 8.15. The molecule has 0 aliphatic rings. The maximum Gasteiger partial charge on any atom is 0.0629 e. The maximum atomic E-state index is 3.87. The van der Waals surface area contributed by atoms with Crippen LogP contribution in [0.3, 0.4) is 0 Å². The fraction of sp³-hybridized carbons (Fsp3) is 0.444. The lowest BCUT2D eigenvalue weighted by atomic mass is 10.1. The molecule has 0 unspecified atom stereocenters. The highest BCUT2D eigenvalue weighted by Gasteiger charge is 1.95. The van der Waals surface area contributed by atoms with E-state index in [1.165, 1.54) is 11.1 Å². The van der Waals surface area contributed by atoms with Crippen molar-refractivity contribution in [2.24, 2.45) is 4.99 Å². The summed E-state index contributed by atoms with van der Waals surface area (Å²) in [7, 11) is 0. The highest BCUT2D eigenvalue weighted by Crippen LogP contribution is 2.11. The van der Waals surface area contributed by atoms with Crippen molar-refractivity contribution < 1.29 is 0 Å². The molecular weight excluding hydrogens is 122 g/mol. The third-order valence-corrected chi connectivity index (χ3v) is 1.58. The molecule has 0 fully saturated rings. The van der Waals surface area contributed by atoms with Crippen molar-refractivity contribution in [3.8, 4) is 0 Å². The van der Waals surface area contributed by atoms with Crippen molar-refractivity contribution in [2.75, 3.05) is 6.54 Å². The predicted molar refractivity (Wildman–Crippen MR) is 47.6 cm³/mol. The molecule has 0 saturated heterocycles. The molecular formula is C9H15N. The average Bonchev–Trinajstić information content (AvgIpc) is 1.87. The van der Waals surface area contributed by atoms with Gasteiger partial charge in [0, 0.05) is 0 Å². The molecule has 0 spiro atoms. The SMILES string of the molecule is C=NCC(=C)C(C)=C(C)C. The molecule has 10 heavy (non-hydrogen) atoms. The first-order valence-corrected chi connectivity index (χ1v) is 3.34. The smallest absolute Gasteiger partial charge is 0.0629 e.